The van der Waals surface area contributed by atoms with E-state index in [2.05, 4.69) is 21.2 Å². The van der Waals surface area contributed by atoms with Gasteiger partial charge in [-0.3, -0.25) is 9.59 Å². The topological polar surface area (TPSA) is 49.4 Å². The minimum Gasteiger partial charge on any atom is -0.353 e. The third-order valence-corrected chi connectivity index (χ3v) is 4.14. The number of hydrogen-bond donors (Lipinski definition) is 1. The number of hydrogen-bond acceptors (Lipinski definition) is 2. The molecule has 0 radical (unpaired) electrons. The lowest BCUT2D eigenvalue weighted by Gasteiger charge is -2.18. The van der Waals surface area contributed by atoms with E-state index in [4.69, 9.17) is 0 Å². The van der Waals surface area contributed by atoms with Gasteiger partial charge in [0.1, 0.15) is 5.92 Å². The second-order valence-electron chi connectivity index (χ2n) is 5.13. The molecule has 1 saturated heterocycles. The van der Waals surface area contributed by atoms with Crippen LogP contribution < -0.4 is 10.2 Å². The molecule has 2 amide bonds. The molecule has 0 bridgehead atoms. The summed E-state index contributed by atoms with van der Waals surface area (Å²) in [5.41, 5.74) is 0.836. The molecule has 0 aromatic heterocycles. The third kappa shape index (κ3) is 3.20. The Morgan fingerprint density at radius 1 is 1.55 bits per heavy atom. The van der Waals surface area contributed by atoms with Crippen LogP contribution in [0.4, 0.5) is 5.69 Å². The first-order valence-electron chi connectivity index (χ1n) is 6.90. The molecule has 5 heteroatoms. The number of carbonyl (C=O) groups is 2. The molecular formula is C15H19BrN2O2. The highest BCUT2D eigenvalue weighted by molar-refractivity contribution is 9.10. The van der Waals surface area contributed by atoms with Crippen molar-refractivity contribution in [1.29, 1.82) is 0 Å². The van der Waals surface area contributed by atoms with Crippen LogP contribution in [0.1, 0.15) is 26.7 Å². The molecule has 1 N–H and O–H groups in total. The van der Waals surface area contributed by atoms with Crippen molar-refractivity contribution >= 4 is 33.4 Å². The molecule has 2 unspecified atom stereocenters. The van der Waals surface area contributed by atoms with Crippen molar-refractivity contribution in [2.75, 3.05) is 11.4 Å². The van der Waals surface area contributed by atoms with Crippen molar-refractivity contribution in [3.8, 4) is 0 Å². The average Bonchev–Trinajstić information content (AvgIpc) is 2.80. The summed E-state index contributed by atoms with van der Waals surface area (Å²) in [5, 5.41) is 2.89. The van der Waals surface area contributed by atoms with Gasteiger partial charge in [-0.1, -0.05) is 28.9 Å². The fraction of sp³-hybridized carbons (Fsp3) is 0.467. The molecular weight excluding hydrogens is 320 g/mol. The molecule has 2 atom stereocenters. The molecule has 20 heavy (non-hydrogen) atoms. The Morgan fingerprint density at radius 3 is 2.95 bits per heavy atom. The molecule has 0 aliphatic carbocycles. The lowest BCUT2D eigenvalue weighted by atomic mass is 10.1. The molecule has 1 heterocycles. The second-order valence-corrected chi connectivity index (χ2v) is 6.04. The van der Waals surface area contributed by atoms with Crippen molar-refractivity contribution in [2.24, 2.45) is 5.92 Å². The average molecular weight is 339 g/mol. The summed E-state index contributed by atoms with van der Waals surface area (Å²) >= 11 is 3.40. The quantitative estimate of drug-likeness (QED) is 0.858. The van der Waals surface area contributed by atoms with Gasteiger partial charge >= 0.3 is 0 Å². The van der Waals surface area contributed by atoms with Crippen LogP contribution in [0, 0.1) is 5.92 Å². The Morgan fingerprint density at radius 2 is 2.30 bits per heavy atom. The van der Waals surface area contributed by atoms with Crippen LogP contribution in [0.5, 0.6) is 0 Å². The second kappa shape index (κ2) is 6.39. The van der Waals surface area contributed by atoms with E-state index in [0.29, 0.717) is 13.0 Å². The largest absolute Gasteiger partial charge is 0.353 e. The third-order valence-electron chi connectivity index (χ3n) is 3.64. The van der Waals surface area contributed by atoms with Crippen LogP contribution in [0.25, 0.3) is 0 Å². The van der Waals surface area contributed by atoms with Crippen molar-refractivity contribution in [3.63, 3.8) is 0 Å². The number of halogens is 1. The van der Waals surface area contributed by atoms with Gasteiger partial charge in [-0.15, -0.1) is 0 Å². The summed E-state index contributed by atoms with van der Waals surface area (Å²) < 4.78 is 0.926. The van der Waals surface area contributed by atoms with Crippen molar-refractivity contribution in [1.82, 2.24) is 5.32 Å². The summed E-state index contributed by atoms with van der Waals surface area (Å²) in [4.78, 5) is 26.2. The Bertz CT molecular complexity index is 518. The first-order chi connectivity index (χ1) is 9.52. The fourth-order valence-electron chi connectivity index (χ4n) is 2.27. The number of amides is 2. The molecule has 4 nitrogen and oxygen atoms in total. The Labute approximate surface area is 127 Å². The van der Waals surface area contributed by atoms with Crippen molar-refractivity contribution in [3.05, 3.63) is 28.7 Å². The van der Waals surface area contributed by atoms with Crippen molar-refractivity contribution in [2.45, 2.75) is 32.7 Å². The van der Waals surface area contributed by atoms with E-state index in [1.54, 1.807) is 4.90 Å². The SMILES string of the molecule is CCC(C)NC(=O)C1CCN(c2cccc(Br)c2)C1=O. The van der Waals surface area contributed by atoms with Gasteiger partial charge in [0.25, 0.3) is 0 Å². The van der Waals surface area contributed by atoms with Gasteiger partial charge in [-0.2, -0.15) is 0 Å². The highest BCUT2D eigenvalue weighted by atomic mass is 79.9. The first kappa shape index (κ1) is 15.0. The molecule has 1 aliphatic heterocycles. The lowest BCUT2D eigenvalue weighted by Crippen LogP contribution is -2.40. The zero-order valence-corrected chi connectivity index (χ0v) is 13.3. The molecule has 1 aromatic rings. The van der Waals surface area contributed by atoms with Gasteiger partial charge in [0.15, 0.2) is 0 Å². The number of anilines is 1. The normalized spacial score (nSPS) is 20.1. The summed E-state index contributed by atoms with van der Waals surface area (Å²) in [6.07, 6.45) is 1.44. The predicted octanol–water partition coefficient (Wildman–Crippen LogP) is 2.72. The highest BCUT2D eigenvalue weighted by Gasteiger charge is 2.37. The van der Waals surface area contributed by atoms with Gasteiger partial charge in [0, 0.05) is 22.7 Å². The summed E-state index contributed by atoms with van der Waals surface area (Å²) in [6, 6.07) is 7.69. The Hall–Kier alpha value is -1.36. The van der Waals surface area contributed by atoms with Crippen molar-refractivity contribution < 1.29 is 9.59 Å². The van der Waals surface area contributed by atoms with E-state index in [0.717, 1.165) is 16.6 Å². The smallest absolute Gasteiger partial charge is 0.239 e. The lowest BCUT2D eigenvalue weighted by molar-refractivity contribution is -0.132. The van der Waals surface area contributed by atoms with Crippen LogP contribution in [0.15, 0.2) is 28.7 Å². The summed E-state index contributed by atoms with van der Waals surface area (Å²) in [7, 11) is 0. The molecule has 1 fully saturated rings. The van der Waals surface area contributed by atoms with E-state index >= 15 is 0 Å². The Balaban J connectivity index is 2.08. The van der Waals surface area contributed by atoms with E-state index in [1.165, 1.54) is 0 Å². The maximum atomic E-state index is 12.4. The molecule has 0 saturated carbocycles. The van der Waals surface area contributed by atoms with Gasteiger partial charge in [-0.05, 0) is 38.0 Å². The fourth-order valence-corrected chi connectivity index (χ4v) is 2.66. The van der Waals surface area contributed by atoms with Crippen LogP contribution in [0.2, 0.25) is 0 Å². The summed E-state index contributed by atoms with van der Waals surface area (Å²) in [5.74, 6) is -0.811. The van der Waals surface area contributed by atoms with Crippen LogP contribution >= 0.6 is 15.9 Å². The standard InChI is InChI=1S/C15H19BrN2O2/c1-3-10(2)17-14(19)13-7-8-18(15(13)20)12-6-4-5-11(16)9-12/h4-6,9-10,13H,3,7-8H2,1-2H3,(H,17,19). The zero-order valence-electron chi connectivity index (χ0n) is 11.7. The van der Waals surface area contributed by atoms with Crippen LogP contribution in [-0.2, 0) is 9.59 Å². The molecule has 2 rings (SSSR count). The maximum Gasteiger partial charge on any atom is 0.239 e. The van der Waals surface area contributed by atoms with Gasteiger partial charge in [0.2, 0.25) is 11.8 Å². The first-order valence-corrected chi connectivity index (χ1v) is 7.69. The summed E-state index contributed by atoms with van der Waals surface area (Å²) in [6.45, 7) is 4.55. The minimum absolute atomic E-state index is 0.107. The van der Waals surface area contributed by atoms with Gasteiger partial charge in [-0.25, -0.2) is 0 Å². The van der Waals surface area contributed by atoms with E-state index in [9.17, 15) is 9.59 Å². The number of nitrogens with one attached hydrogen (secondary N) is 1. The molecule has 1 aliphatic rings. The highest BCUT2D eigenvalue weighted by Crippen LogP contribution is 2.27. The maximum absolute atomic E-state index is 12.4. The number of nitrogens with zero attached hydrogens (tertiary/aromatic N) is 1. The number of rotatable bonds is 4. The van der Waals surface area contributed by atoms with Gasteiger partial charge < -0.3 is 10.2 Å². The minimum atomic E-state index is -0.553. The number of benzene rings is 1. The van der Waals surface area contributed by atoms with Crippen LogP contribution in [0.3, 0.4) is 0 Å². The molecule has 0 spiro atoms. The van der Waals surface area contributed by atoms with E-state index < -0.39 is 5.92 Å². The van der Waals surface area contributed by atoms with E-state index in [-0.39, 0.29) is 17.9 Å². The van der Waals surface area contributed by atoms with E-state index in [1.807, 2.05) is 38.1 Å². The molecule has 1 aromatic carbocycles. The van der Waals surface area contributed by atoms with Crippen LogP contribution in [-0.4, -0.2) is 24.4 Å². The predicted molar refractivity (Wildman–Crippen MR) is 82.5 cm³/mol. The number of carbonyl (C=O) groups excluding carboxylic acids is 2. The monoisotopic (exact) mass is 338 g/mol. The zero-order chi connectivity index (χ0) is 14.7. The Kier molecular flexibility index (Phi) is 4.81. The molecule has 108 valence electrons. The van der Waals surface area contributed by atoms with Gasteiger partial charge in [0.05, 0.1) is 0 Å².